The molecule has 0 spiro atoms. The molecule has 1 aromatic heterocycles. The molecular weight excluding hydrogens is 538 g/mol. The second-order valence-corrected chi connectivity index (χ2v) is 11.0. The molecule has 0 bridgehead atoms. The average molecular weight is 564 g/mol. The van der Waals surface area contributed by atoms with Gasteiger partial charge in [-0.25, -0.2) is 13.9 Å². The van der Waals surface area contributed by atoms with E-state index in [0.717, 1.165) is 4.57 Å². The number of hydrogen-bond acceptors (Lipinski definition) is 14. The van der Waals surface area contributed by atoms with E-state index in [1.54, 1.807) is 0 Å². The predicted octanol–water partition coefficient (Wildman–Crippen LogP) is -3.46. The third kappa shape index (κ3) is 6.75. The van der Waals surface area contributed by atoms with Gasteiger partial charge in [0.2, 0.25) is 0 Å². The molecule has 0 saturated carbocycles. The first-order valence-electron chi connectivity index (χ1n) is 10.3. The zero-order valence-electron chi connectivity index (χ0n) is 18.5. The zero-order valence-corrected chi connectivity index (χ0v) is 20.3. The highest BCUT2D eigenvalue weighted by Gasteiger charge is 2.48. The van der Waals surface area contributed by atoms with Crippen LogP contribution in [0.25, 0.3) is 0 Å². The van der Waals surface area contributed by atoms with Gasteiger partial charge in [0.25, 0.3) is 5.56 Å². The van der Waals surface area contributed by atoms with E-state index in [9.17, 15) is 48.9 Å². The number of aliphatic hydroxyl groups excluding tert-OH is 5. The van der Waals surface area contributed by atoms with E-state index < -0.39 is 89.2 Å². The topological polar surface area (TPSA) is 277 Å². The van der Waals surface area contributed by atoms with E-state index in [1.807, 2.05) is 0 Å². The number of phosphoric ester groups is 2. The number of H-pyrrole nitrogens is 1. The number of aromatic nitrogens is 2. The third-order valence-corrected chi connectivity index (χ3v) is 7.95. The quantitative estimate of drug-likeness (QED) is 0.135. The molecular formula is C16H26N2O16P2. The third-order valence-electron chi connectivity index (χ3n) is 5.35. The summed E-state index contributed by atoms with van der Waals surface area (Å²) in [6.45, 7) is -0.305. The highest BCUT2D eigenvalue weighted by molar-refractivity contribution is 7.61. The van der Waals surface area contributed by atoms with Crippen molar-refractivity contribution in [3.63, 3.8) is 0 Å². The van der Waals surface area contributed by atoms with Crippen molar-refractivity contribution in [1.29, 1.82) is 0 Å². The smallest absolute Gasteiger partial charge is 0.394 e. The molecule has 0 aliphatic carbocycles. The van der Waals surface area contributed by atoms with E-state index in [0.29, 0.717) is 0 Å². The molecule has 0 amide bonds. The Morgan fingerprint density at radius 3 is 2.36 bits per heavy atom. The Morgan fingerprint density at radius 2 is 1.72 bits per heavy atom. The maximum absolute atomic E-state index is 12.2. The standard InChI is InChI=1S/C16H26N2O16P2/c1-6-3-18(16(25)17-14(6)24)10-2-7(20)9(31-10)5-30-35(26,27)34-36(28,29)33-15-13(23)12(22)11(21)8(4-19)32-15/h3,7-13,15,19-23H,2,4-5H2,1H3,(H,26,27)(H,28,29)(H,17,24,25)/t7-,8+,9+,10+,11-,12+,13+,15?/m0/s1. The molecule has 2 aliphatic heterocycles. The summed E-state index contributed by atoms with van der Waals surface area (Å²) in [7, 11) is -10.9. The van der Waals surface area contributed by atoms with Gasteiger partial charge in [0.15, 0.2) is 6.29 Å². The summed E-state index contributed by atoms with van der Waals surface area (Å²) in [6, 6.07) is 0. The molecule has 1 aromatic rings. The number of aromatic amines is 1. The van der Waals surface area contributed by atoms with Crippen molar-refractivity contribution in [2.45, 2.75) is 62.5 Å². The van der Waals surface area contributed by atoms with Crippen molar-refractivity contribution in [2.24, 2.45) is 0 Å². The van der Waals surface area contributed by atoms with Crippen LogP contribution in [0.5, 0.6) is 0 Å². The Morgan fingerprint density at radius 1 is 1.06 bits per heavy atom. The molecule has 2 saturated heterocycles. The Labute approximate surface area is 201 Å². The fourth-order valence-corrected chi connectivity index (χ4v) is 5.62. The minimum Gasteiger partial charge on any atom is -0.394 e. The van der Waals surface area contributed by atoms with Gasteiger partial charge in [-0.2, -0.15) is 4.31 Å². The first kappa shape index (κ1) is 29.2. The molecule has 3 heterocycles. The summed E-state index contributed by atoms with van der Waals surface area (Å²) in [5, 5.41) is 48.5. The number of hydrogen-bond donors (Lipinski definition) is 8. The number of aliphatic hydroxyl groups is 5. The molecule has 10 atom stereocenters. The maximum Gasteiger partial charge on any atom is 0.483 e. The van der Waals surface area contributed by atoms with Gasteiger partial charge in [-0.05, 0) is 6.92 Å². The van der Waals surface area contributed by atoms with Crippen LogP contribution >= 0.6 is 15.6 Å². The van der Waals surface area contributed by atoms with Gasteiger partial charge in [-0.3, -0.25) is 23.4 Å². The summed E-state index contributed by atoms with van der Waals surface area (Å²) >= 11 is 0. The van der Waals surface area contributed by atoms with Gasteiger partial charge in [0.1, 0.15) is 36.7 Å². The number of ether oxygens (including phenoxy) is 2. The van der Waals surface area contributed by atoms with Crippen molar-refractivity contribution >= 4 is 15.6 Å². The van der Waals surface area contributed by atoms with Crippen LogP contribution in [-0.4, -0.2) is 101 Å². The highest BCUT2D eigenvalue weighted by Crippen LogP contribution is 2.61. The average Bonchev–Trinajstić information content (AvgIpc) is 3.14. The summed E-state index contributed by atoms with van der Waals surface area (Å²) in [6.07, 6.45) is -12.2. The number of nitrogens with zero attached hydrogens (tertiary/aromatic N) is 1. The van der Waals surface area contributed by atoms with Gasteiger partial charge in [-0.15, -0.1) is 0 Å². The summed E-state index contributed by atoms with van der Waals surface area (Å²) in [4.78, 5) is 45.2. The highest BCUT2D eigenvalue weighted by atomic mass is 31.3. The Balaban J connectivity index is 1.59. The molecule has 0 radical (unpaired) electrons. The van der Waals surface area contributed by atoms with Crippen molar-refractivity contribution in [2.75, 3.05) is 13.2 Å². The van der Waals surface area contributed by atoms with Crippen molar-refractivity contribution in [1.82, 2.24) is 9.55 Å². The minimum absolute atomic E-state index is 0.172. The molecule has 206 valence electrons. The Kier molecular flexibility index (Phi) is 9.08. The number of rotatable bonds is 9. The zero-order chi connectivity index (χ0) is 27.0. The van der Waals surface area contributed by atoms with E-state index in [4.69, 9.17) is 14.6 Å². The van der Waals surface area contributed by atoms with Crippen LogP contribution in [0.15, 0.2) is 15.8 Å². The van der Waals surface area contributed by atoms with Crippen LogP contribution in [0, 0.1) is 6.92 Å². The van der Waals surface area contributed by atoms with Crippen molar-refractivity contribution < 1.29 is 67.3 Å². The van der Waals surface area contributed by atoms with Crippen molar-refractivity contribution in [3.05, 3.63) is 32.6 Å². The molecule has 3 rings (SSSR count). The second-order valence-electron chi connectivity index (χ2n) is 8.03. The first-order chi connectivity index (χ1) is 16.6. The normalized spacial score (nSPS) is 36.3. The van der Waals surface area contributed by atoms with Gasteiger partial charge in [0, 0.05) is 18.2 Å². The maximum atomic E-state index is 12.2. The van der Waals surface area contributed by atoms with Crippen LogP contribution in [-0.2, 0) is 32.0 Å². The fraction of sp³-hybridized carbons (Fsp3) is 0.750. The van der Waals surface area contributed by atoms with Gasteiger partial charge >= 0.3 is 21.3 Å². The minimum atomic E-state index is -5.54. The molecule has 2 fully saturated rings. The second kappa shape index (κ2) is 11.2. The fourth-order valence-electron chi connectivity index (χ4n) is 3.46. The summed E-state index contributed by atoms with van der Waals surface area (Å²) in [5.41, 5.74) is -1.27. The summed E-state index contributed by atoms with van der Waals surface area (Å²) in [5.74, 6) is 0. The van der Waals surface area contributed by atoms with Crippen LogP contribution in [0.3, 0.4) is 0 Å². The van der Waals surface area contributed by atoms with Crippen LogP contribution in [0.4, 0.5) is 0 Å². The lowest BCUT2D eigenvalue weighted by Gasteiger charge is -2.39. The monoisotopic (exact) mass is 564 g/mol. The predicted molar refractivity (Wildman–Crippen MR) is 112 cm³/mol. The van der Waals surface area contributed by atoms with Gasteiger partial charge in [-0.1, -0.05) is 0 Å². The van der Waals surface area contributed by atoms with E-state index in [1.165, 1.54) is 13.1 Å². The largest absolute Gasteiger partial charge is 0.483 e. The SMILES string of the molecule is Cc1cn([C@H]2C[C@H](O)[C@@H](COP(=O)(O)OP(=O)(O)OC3O[C@H](CO)[C@H](O)[C@@H](O)[C@H]3O)O2)c(=O)[nH]c1=O. The number of nitrogens with one attached hydrogen (secondary N) is 1. The number of phosphoric acid groups is 2. The van der Waals surface area contributed by atoms with E-state index in [2.05, 4.69) is 18.3 Å². The number of aryl methyl sites for hydroxylation is 1. The van der Waals surface area contributed by atoms with Gasteiger partial charge in [0.05, 0.1) is 19.3 Å². The van der Waals surface area contributed by atoms with Gasteiger partial charge < -0.3 is 44.8 Å². The molecule has 8 N–H and O–H groups in total. The molecule has 20 heteroatoms. The lowest BCUT2D eigenvalue weighted by Crippen LogP contribution is -2.58. The molecule has 3 unspecified atom stereocenters. The molecule has 36 heavy (non-hydrogen) atoms. The molecule has 2 aliphatic rings. The van der Waals surface area contributed by atoms with Crippen LogP contribution in [0.1, 0.15) is 18.2 Å². The first-order valence-corrected chi connectivity index (χ1v) is 13.3. The van der Waals surface area contributed by atoms with E-state index >= 15 is 0 Å². The van der Waals surface area contributed by atoms with E-state index in [-0.39, 0.29) is 12.0 Å². The summed E-state index contributed by atoms with van der Waals surface area (Å²) < 4.78 is 48.8. The van der Waals surface area contributed by atoms with Crippen LogP contribution in [0.2, 0.25) is 0 Å². The Hall–Kier alpha value is -1.34. The Bertz CT molecular complexity index is 1140. The van der Waals surface area contributed by atoms with Crippen LogP contribution < -0.4 is 11.2 Å². The van der Waals surface area contributed by atoms with Crippen molar-refractivity contribution in [3.8, 4) is 0 Å². The molecule has 18 nitrogen and oxygen atoms in total. The lowest BCUT2D eigenvalue weighted by molar-refractivity contribution is -0.280. The molecule has 0 aromatic carbocycles. The lowest BCUT2D eigenvalue weighted by atomic mass is 10.00.